The summed E-state index contributed by atoms with van der Waals surface area (Å²) in [6.45, 7) is 0. The molecule has 10 rings (SSSR count). The Hall–Kier alpha value is -6.97. The van der Waals surface area contributed by atoms with Gasteiger partial charge in [0.25, 0.3) is 0 Å². The number of rotatable bonds is 5. The van der Waals surface area contributed by atoms with Crippen molar-refractivity contribution in [3.63, 3.8) is 0 Å². The van der Waals surface area contributed by atoms with E-state index in [0.29, 0.717) is 0 Å². The van der Waals surface area contributed by atoms with Gasteiger partial charge in [-0.15, -0.1) is 0 Å². The molecule has 0 radical (unpaired) electrons. The Bertz CT molecular complexity index is 2650. The average Bonchev–Trinajstić information content (AvgIpc) is 3.51. The van der Waals surface area contributed by atoms with Gasteiger partial charge in [-0.25, -0.2) is 4.98 Å². The van der Waals surface area contributed by atoms with Crippen molar-refractivity contribution in [3.8, 4) is 61.7 Å². The van der Waals surface area contributed by atoms with E-state index < -0.39 is 0 Å². The molecule has 0 N–H and O–H groups in total. The van der Waals surface area contributed by atoms with Gasteiger partial charge in [0.05, 0.1) is 34.0 Å². The number of anilines is 3. The van der Waals surface area contributed by atoms with E-state index in [2.05, 4.69) is 198 Å². The zero-order valence-electron chi connectivity index (χ0n) is 28.4. The Morgan fingerprint density at radius 3 is 1.54 bits per heavy atom. The Kier molecular flexibility index (Phi) is 7.14. The highest BCUT2D eigenvalue weighted by Gasteiger charge is 2.31. The molecule has 0 atom stereocenters. The fourth-order valence-corrected chi connectivity index (χ4v) is 7.78. The third-order valence-electron chi connectivity index (χ3n) is 10.1. The van der Waals surface area contributed by atoms with Gasteiger partial charge in [-0.05, 0) is 65.7 Å². The highest BCUT2D eigenvalue weighted by molar-refractivity contribution is 6.13. The molecule has 0 fully saturated rings. The highest BCUT2D eigenvalue weighted by atomic mass is 15.2. The van der Waals surface area contributed by atoms with E-state index >= 15 is 0 Å². The highest BCUT2D eigenvalue weighted by Crippen LogP contribution is 2.54. The van der Waals surface area contributed by atoms with Crippen LogP contribution in [0.5, 0.6) is 0 Å². The first-order chi connectivity index (χ1) is 25.8. The lowest BCUT2D eigenvalue weighted by Gasteiger charge is -2.27. The van der Waals surface area contributed by atoms with Gasteiger partial charge in [-0.1, -0.05) is 146 Å². The molecule has 0 unspecified atom stereocenters. The van der Waals surface area contributed by atoms with Crippen LogP contribution in [0.3, 0.4) is 0 Å². The largest absolute Gasteiger partial charge is 0.309 e. The quantitative estimate of drug-likeness (QED) is 0.183. The minimum atomic E-state index is 0.959. The molecule has 7 aromatic carbocycles. The van der Waals surface area contributed by atoms with Gasteiger partial charge in [0, 0.05) is 44.6 Å². The fourth-order valence-electron chi connectivity index (χ4n) is 7.78. The maximum Gasteiger partial charge on any atom is 0.0715 e. The lowest BCUT2D eigenvalue weighted by atomic mass is 9.98. The lowest BCUT2D eigenvalue weighted by Crippen LogP contribution is -2.11. The van der Waals surface area contributed by atoms with Crippen LogP contribution in [0.2, 0.25) is 0 Å². The Morgan fingerprint density at radius 2 is 0.885 bits per heavy atom. The summed E-state index contributed by atoms with van der Waals surface area (Å²) in [5.74, 6) is 0. The fraction of sp³-hybridized carbons (Fsp3) is 0. The SMILES string of the molecule is c1ccc(-c2cc(-c3ccc(-n4c5c(c6ccccc64)-c4ccccc4N(c4ccccc4)c4ccccc4-5)cc3)cc(-c3ccccc3)n2)cc1. The number of benzene rings is 7. The molecule has 52 heavy (non-hydrogen) atoms. The van der Waals surface area contributed by atoms with E-state index in [-0.39, 0.29) is 0 Å². The van der Waals surface area contributed by atoms with Gasteiger partial charge in [-0.3, -0.25) is 0 Å². The third kappa shape index (κ3) is 4.94. The number of fused-ring (bicyclic) bond motifs is 7. The van der Waals surface area contributed by atoms with Crippen LogP contribution in [0.1, 0.15) is 0 Å². The molecule has 0 saturated heterocycles. The maximum atomic E-state index is 5.11. The average molecular weight is 664 g/mol. The predicted molar refractivity (Wildman–Crippen MR) is 216 cm³/mol. The van der Waals surface area contributed by atoms with Gasteiger partial charge in [0.1, 0.15) is 0 Å². The summed E-state index contributed by atoms with van der Waals surface area (Å²) in [5.41, 5.74) is 17.0. The monoisotopic (exact) mass is 663 g/mol. The smallest absolute Gasteiger partial charge is 0.0715 e. The first kappa shape index (κ1) is 29.9. The molecule has 0 spiro atoms. The number of nitrogens with zero attached hydrogens (tertiary/aromatic N) is 3. The predicted octanol–water partition coefficient (Wildman–Crippen LogP) is 13.1. The van der Waals surface area contributed by atoms with Crippen molar-refractivity contribution in [2.75, 3.05) is 4.90 Å². The molecule has 3 heterocycles. The molecular weight excluding hydrogens is 631 g/mol. The molecule has 3 heteroatoms. The van der Waals surface area contributed by atoms with Crippen molar-refractivity contribution in [2.24, 2.45) is 0 Å². The first-order valence-electron chi connectivity index (χ1n) is 17.7. The van der Waals surface area contributed by atoms with E-state index in [4.69, 9.17) is 4.98 Å². The van der Waals surface area contributed by atoms with Crippen LogP contribution >= 0.6 is 0 Å². The third-order valence-corrected chi connectivity index (χ3v) is 10.1. The summed E-state index contributed by atoms with van der Waals surface area (Å²) in [6.07, 6.45) is 0. The Balaban J connectivity index is 1.18. The van der Waals surface area contributed by atoms with Crippen LogP contribution in [0.15, 0.2) is 200 Å². The van der Waals surface area contributed by atoms with Crippen LogP contribution in [-0.2, 0) is 0 Å². The molecule has 1 aliphatic heterocycles. The molecule has 244 valence electrons. The summed E-state index contributed by atoms with van der Waals surface area (Å²) in [5, 5.41) is 1.23. The van der Waals surface area contributed by atoms with Crippen molar-refractivity contribution in [1.82, 2.24) is 9.55 Å². The molecule has 3 nitrogen and oxygen atoms in total. The summed E-state index contributed by atoms with van der Waals surface area (Å²) < 4.78 is 2.45. The van der Waals surface area contributed by atoms with E-state index in [1.165, 1.54) is 39.0 Å². The maximum absolute atomic E-state index is 5.11. The topological polar surface area (TPSA) is 21.1 Å². The number of pyridine rings is 1. The van der Waals surface area contributed by atoms with Crippen molar-refractivity contribution >= 4 is 28.0 Å². The lowest BCUT2D eigenvalue weighted by molar-refractivity contribution is 1.13. The summed E-state index contributed by atoms with van der Waals surface area (Å²) in [4.78, 5) is 7.52. The molecule has 9 aromatic rings. The summed E-state index contributed by atoms with van der Waals surface area (Å²) >= 11 is 0. The molecule has 2 aromatic heterocycles. The Labute approximate surface area is 303 Å². The standard InChI is InChI=1S/C49H33N3/c1-4-16-35(17-5-1)43-32-37(33-44(50-43)36-18-6-2-7-19-36)34-28-30-39(31-29-34)52-46-26-14-11-23-41(46)48-40-22-10-13-25-45(40)51(38-20-8-3-9-21-38)47-27-15-12-24-42(47)49(48)52/h1-33H. The number of para-hydroxylation sites is 4. The van der Waals surface area contributed by atoms with Crippen LogP contribution in [0, 0.1) is 0 Å². The molecule has 0 amide bonds. The van der Waals surface area contributed by atoms with Gasteiger partial charge in [0.2, 0.25) is 0 Å². The summed E-state index contributed by atoms with van der Waals surface area (Å²) in [6, 6.07) is 71.5. The number of hydrogen-bond acceptors (Lipinski definition) is 2. The van der Waals surface area contributed by atoms with E-state index in [1.54, 1.807) is 0 Å². The van der Waals surface area contributed by atoms with Crippen molar-refractivity contribution in [2.45, 2.75) is 0 Å². The van der Waals surface area contributed by atoms with Crippen molar-refractivity contribution < 1.29 is 0 Å². The van der Waals surface area contributed by atoms with E-state index in [9.17, 15) is 0 Å². The van der Waals surface area contributed by atoms with Gasteiger partial charge >= 0.3 is 0 Å². The number of aromatic nitrogens is 2. The summed E-state index contributed by atoms with van der Waals surface area (Å²) in [7, 11) is 0. The van der Waals surface area contributed by atoms with E-state index in [1.807, 2.05) is 12.1 Å². The second-order valence-corrected chi connectivity index (χ2v) is 13.2. The zero-order chi connectivity index (χ0) is 34.4. The molecular formula is C49H33N3. The van der Waals surface area contributed by atoms with E-state index in [0.717, 1.165) is 50.7 Å². The van der Waals surface area contributed by atoms with Crippen LogP contribution in [-0.4, -0.2) is 9.55 Å². The zero-order valence-corrected chi connectivity index (χ0v) is 28.4. The van der Waals surface area contributed by atoms with Crippen molar-refractivity contribution in [3.05, 3.63) is 200 Å². The normalized spacial score (nSPS) is 11.8. The number of hydrogen-bond donors (Lipinski definition) is 0. The molecule has 0 aliphatic carbocycles. The van der Waals surface area contributed by atoms with Gasteiger partial charge in [0.15, 0.2) is 0 Å². The second-order valence-electron chi connectivity index (χ2n) is 13.2. The van der Waals surface area contributed by atoms with Crippen LogP contribution < -0.4 is 4.90 Å². The van der Waals surface area contributed by atoms with Crippen molar-refractivity contribution in [1.29, 1.82) is 0 Å². The second kappa shape index (κ2) is 12.4. The van der Waals surface area contributed by atoms with Crippen LogP contribution in [0.25, 0.3) is 72.6 Å². The molecule has 1 aliphatic rings. The van der Waals surface area contributed by atoms with Gasteiger partial charge in [-0.2, -0.15) is 0 Å². The first-order valence-corrected chi connectivity index (χ1v) is 17.7. The van der Waals surface area contributed by atoms with Crippen LogP contribution in [0.4, 0.5) is 17.1 Å². The minimum Gasteiger partial charge on any atom is -0.309 e. The minimum absolute atomic E-state index is 0.959. The molecule has 0 bridgehead atoms. The Morgan fingerprint density at radius 1 is 0.365 bits per heavy atom. The molecule has 0 saturated carbocycles. The van der Waals surface area contributed by atoms with Gasteiger partial charge < -0.3 is 9.47 Å².